The zero-order valence-corrected chi connectivity index (χ0v) is 14.8. The Labute approximate surface area is 159 Å². The van der Waals surface area contributed by atoms with Gasteiger partial charge in [-0.1, -0.05) is 18.2 Å². The van der Waals surface area contributed by atoms with Crippen LogP contribution in [0.5, 0.6) is 0 Å². The summed E-state index contributed by atoms with van der Waals surface area (Å²) in [6, 6.07) is 12.0. The summed E-state index contributed by atoms with van der Waals surface area (Å²) in [7, 11) is 0. The highest BCUT2D eigenvalue weighted by Gasteiger charge is 2.46. The molecule has 0 fully saturated rings. The first-order chi connectivity index (χ1) is 13.5. The number of pyridine rings is 1. The number of hydrogen-bond donors (Lipinski definition) is 1. The number of rotatable bonds is 3. The fourth-order valence-corrected chi connectivity index (χ4v) is 3.38. The highest BCUT2D eigenvalue weighted by Crippen LogP contribution is 2.38. The van der Waals surface area contributed by atoms with Crippen molar-refractivity contribution in [1.82, 2.24) is 20.3 Å². The van der Waals surface area contributed by atoms with E-state index in [4.69, 9.17) is 5.26 Å². The lowest BCUT2D eigenvalue weighted by Crippen LogP contribution is -2.48. The summed E-state index contributed by atoms with van der Waals surface area (Å²) in [6.45, 7) is 1.88. The molecule has 2 aromatic heterocycles. The lowest BCUT2D eigenvalue weighted by molar-refractivity contribution is 0.430. The maximum Gasteiger partial charge on any atom is 0.212 e. The molecule has 2 atom stereocenters. The largest absolute Gasteiger partial charge is 0.352 e. The van der Waals surface area contributed by atoms with Crippen LogP contribution in [0.2, 0.25) is 0 Å². The van der Waals surface area contributed by atoms with Gasteiger partial charge in [0.25, 0.3) is 0 Å². The van der Waals surface area contributed by atoms with Crippen molar-refractivity contribution < 1.29 is 8.78 Å². The van der Waals surface area contributed by atoms with Gasteiger partial charge in [-0.25, -0.2) is 19.3 Å². The van der Waals surface area contributed by atoms with Gasteiger partial charge in [0.05, 0.1) is 6.04 Å². The van der Waals surface area contributed by atoms with Crippen LogP contribution in [0.3, 0.4) is 0 Å². The van der Waals surface area contributed by atoms with E-state index in [0.29, 0.717) is 11.4 Å². The van der Waals surface area contributed by atoms with Crippen molar-refractivity contribution in [2.24, 2.45) is 4.99 Å². The van der Waals surface area contributed by atoms with Crippen molar-refractivity contribution in [3.05, 3.63) is 89.3 Å². The van der Waals surface area contributed by atoms with Crippen LogP contribution in [-0.2, 0) is 5.54 Å². The van der Waals surface area contributed by atoms with E-state index in [0.717, 1.165) is 5.56 Å². The van der Waals surface area contributed by atoms with E-state index in [1.165, 1.54) is 36.7 Å². The van der Waals surface area contributed by atoms with Gasteiger partial charge in [0.15, 0.2) is 11.7 Å². The average Bonchev–Trinajstić information content (AvgIpc) is 3.07. The topological polar surface area (TPSA) is 86.8 Å². The normalized spacial score (nSPS) is 20.9. The van der Waals surface area contributed by atoms with E-state index in [-0.39, 0.29) is 23.4 Å². The summed E-state index contributed by atoms with van der Waals surface area (Å²) in [4.78, 5) is 16.8. The number of halogens is 2. The summed E-state index contributed by atoms with van der Waals surface area (Å²) >= 11 is 0. The molecule has 0 radical (unpaired) electrons. The van der Waals surface area contributed by atoms with Crippen LogP contribution in [0.15, 0.2) is 59.9 Å². The third-order valence-corrected chi connectivity index (χ3v) is 4.73. The van der Waals surface area contributed by atoms with Gasteiger partial charge in [0.2, 0.25) is 5.95 Å². The Morgan fingerprint density at radius 3 is 2.46 bits per heavy atom. The van der Waals surface area contributed by atoms with E-state index < -0.39 is 11.5 Å². The average molecular weight is 376 g/mol. The minimum Gasteiger partial charge on any atom is -0.352 e. The fraction of sp³-hybridized carbons (Fsp3) is 0.150. The van der Waals surface area contributed by atoms with Gasteiger partial charge < -0.3 is 5.32 Å². The van der Waals surface area contributed by atoms with Crippen molar-refractivity contribution in [2.45, 2.75) is 18.5 Å². The molecule has 138 valence electrons. The monoisotopic (exact) mass is 376 g/mol. The minimum absolute atomic E-state index is 0.213. The van der Waals surface area contributed by atoms with E-state index in [9.17, 15) is 8.78 Å². The first-order valence-electron chi connectivity index (χ1n) is 8.50. The number of amidine groups is 1. The molecule has 0 amide bonds. The molecule has 0 bridgehead atoms. The molecule has 0 saturated carbocycles. The zero-order chi connectivity index (χ0) is 19.7. The summed E-state index contributed by atoms with van der Waals surface area (Å²) in [5, 5.41) is 12.4. The predicted octanol–water partition coefficient (Wildman–Crippen LogP) is 2.70. The van der Waals surface area contributed by atoms with Gasteiger partial charge in [-0.2, -0.15) is 9.65 Å². The van der Waals surface area contributed by atoms with Gasteiger partial charge in [-0.05, 0) is 36.8 Å². The number of hydrogen-bond acceptors (Lipinski definition) is 6. The number of benzene rings is 1. The van der Waals surface area contributed by atoms with Gasteiger partial charge in [0, 0.05) is 18.0 Å². The molecule has 3 heterocycles. The summed E-state index contributed by atoms with van der Waals surface area (Å²) in [6.07, 6.45) is 2.90. The zero-order valence-electron chi connectivity index (χ0n) is 14.8. The quantitative estimate of drug-likeness (QED) is 0.710. The summed E-state index contributed by atoms with van der Waals surface area (Å²) in [5.41, 5.74) is 0.675. The molecule has 0 spiro atoms. The standard InChI is InChI=1S/C20H14F2N6/c1-12-20(13-2-5-15(21)6-3-13,14-4-7-17(22)25-11-14)28-19(26-12)18-24-9-8-16(10-23)27-18/h2-9,11-12H,1H3,(H,26,28)/t12-,20+/m0/s1. The second-order valence-corrected chi connectivity index (χ2v) is 6.34. The molecule has 1 N–H and O–H groups in total. The summed E-state index contributed by atoms with van der Waals surface area (Å²) in [5.74, 6) is -0.314. The second-order valence-electron chi connectivity index (χ2n) is 6.34. The number of nitrogens with one attached hydrogen (secondary N) is 1. The van der Waals surface area contributed by atoms with Crippen LogP contribution in [0.25, 0.3) is 0 Å². The fourth-order valence-electron chi connectivity index (χ4n) is 3.38. The van der Waals surface area contributed by atoms with E-state index in [1.807, 2.05) is 13.0 Å². The summed E-state index contributed by atoms with van der Waals surface area (Å²) < 4.78 is 26.9. The van der Waals surface area contributed by atoms with Crippen molar-refractivity contribution in [3.8, 4) is 6.07 Å². The van der Waals surface area contributed by atoms with E-state index >= 15 is 0 Å². The maximum atomic E-state index is 13.5. The molecule has 6 nitrogen and oxygen atoms in total. The number of nitrogens with zero attached hydrogens (tertiary/aromatic N) is 5. The van der Waals surface area contributed by atoms with Crippen LogP contribution >= 0.6 is 0 Å². The molecule has 1 aliphatic rings. The smallest absolute Gasteiger partial charge is 0.212 e. The Morgan fingerprint density at radius 1 is 1.04 bits per heavy atom. The van der Waals surface area contributed by atoms with Gasteiger partial charge >= 0.3 is 0 Å². The number of nitriles is 1. The molecule has 4 rings (SSSR count). The van der Waals surface area contributed by atoms with Gasteiger partial charge in [0.1, 0.15) is 23.1 Å². The molecular formula is C20H14F2N6. The Bertz CT molecular complexity index is 1040. The molecule has 0 aliphatic carbocycles. The molecule has 3 aromatic rings. The SMILES string of the molecule is C[C@@H]1N=C(c2nccc(C#N)n2)N[C@]1(c1ccc(F)cc1)c1ccc(F)nc1. The Hall–Kier alpha value is -3.73. The molecule has 1 aromatic carbocycles. The van der Waals surface area contributed by atoms with Crippen LogP contribution < -0.4 is 5.32 Å². The maximum absolute atomic E-state index is 13.5. The van der Waals surface area contributed by atoms with Crippen LogP contribution in [0, 0.1) is 23.1 Å². The highest BCUT2D eigenvalue weighted by molar-refractivity contribution is 5.98. The van der Waals surface area contributed by atoms with Crippen molar-refractivity contribution in [1.29, 1.82) is 5.26 Å². The Balaban J connectivity index is 1.84. The lowest BCUT2D eigenvalue weighted by atomic mass is 9.79. The first-order valence-corrected chi connectivity index (χ1v) is 8.50. The van der Waals surface area contributed by atoms with Crippen LogP contribution in [0.1, 0.15) is 29.6 Å². The van der Waals surface area contributed by atoms with Crippen molar-refractivity contribution >= 4 is 5.84 Å². The van der Waals surface area contributed by atoms with Crippen LogP contribution in [0.4, 0.5) is 8.78 Å². The minimum atomic E-state index is -0.921. The number of aromatic nitrogens is 3. The second kappa shape index (κ2) is 6.78. The molecule has 8 heteroatoms. The molecule has 0 unspecified atom stereocenters. The van der Waals surface area contributed by atoms with Gasteiger partial charge in [-0.15, -0.1) is 0 Å². The van der Waals surface area contributed by atoms with Crippen molar-refractivity contribution in [3.63, 3.8) is 0 Å². The van der Waals surface area contributed by atoms with Gasteiger partial charge in [-0.3, -0.25) is 4.99 Å². The van der Waals surface area contributed by atoms with E-state index in [1.54, 1.807) is 18.2 Å². The first kappa shape index (κ1) is 17.7. The molecule has 0 saturated heterocycles. The Kier molecular flexibility index (Phi) is 4.28. The van der Waals surface area contributed by atoms with Crippen LogP contribution in [-0.4, -0.2) is 26.8 Å². The third-order valence-electron chi connectivity index (χ3n) is 4.73. The third kappa shape index (κ3) is 2.87. The van der Waals surface area contributed by atoms with E-state index in [2.05, 4.69) is 25.3 Å². The Morgan fingerprint density at radius 2 is 1.79 bits per heavy atom. The number of aliphatic imine (C=N–C) groups is 1. The molecular weight excluding hydrogens is 362 g/mol. The molecule has 1 aliphatic heterocycles. The molecule has 28 heavy (non-hydrogen) atoms. The van der Waals surface area contributed by atoms with Crippen molar-refractivity contribution in [2.75, 3.05) is 0 Å². The highest BCUT2D eigenvalue weighted by atomic mass is 19.1. The predicted molar refractivity (Wildman–Crippen MR) is 97.3 cm³/mol. The lowest BCUT2D eigenvalue weighted by Gasteiger charge is -2.34.